The van der Waals surface area contributed by atoms with Gasteiger partial charge in [0.05, 0.1) is 18.5 Å². The maximum absolute atomic E-state index is 6.03. The molecule has 1 atom stereocenters. The molecule has 0 fully saturated rings. The number of fused-ring (bicyclic) bond motifs is 1. The monoisotopic (exact) mass is 366 g/mol. The second-order valence-electron chi connectivity index (χ2n) is 5.07. The highest BCUT2D eigenvalue weighted by atomic mass is 79.9. The number of halogens is 2. The van der Waals surface area contributed by atoms with E-state index in [1.54, 1.807) is 7.11 Å². The lowest BCUT2D eigenvalue weighted by Gasteiger charge is -2.20. The van der Waals surface area contributed by atoms with Gasteiger partial charge < -0.3 is 9.47 Å². The minimum Gasteiger partial charge on any atom is -0.496 e. The van der Waals surface area contributed by atoms with Crippen LogP contribution in [-0.2, 0) is 6.42 Å². The number of ether oxygens (including phenoxy) is 2. The molecule has 110 valence electrons. The lowest BCUT2D eigenvalue weighted by molar-refractivity contribution is 0.288. The Morgan fingerprint density at radius 1 is 1.24 bits per heavy atom. The Morgan fingerprint density at radius 2 is 2.10 bits per heavy atom. The second kappa shape index (κ2) is 6.29. The van der Waals surface area contributed by atoms with E-state index in [1.807, 2.05) is 18.2 Å². The third-order valence-corrected chi connectivity index (χ3v) is 4.95. The molecule has 0 spiro atoms. The Bertz CT molecular complexity index is 657. The van der Waals surface area contributed by atoms with Crippen LogP contribution in [-0.4, -0.2) is 13.7 Å². The van der Waals surface area contributed by atoms with Crippen LogP contribution in [0.1, 0.15) is 27.9 Å². The van der Waals surface area contributed by atoms with Gasteiger partial charge in [0.2, 0.25) is 0 Å². The van der Waals surface area contributed by atoms with E-state index in [9.17, 15) is 0 Å². The zero-order valence-electron chi connectivity index (χ0n) is 11.7. The number of rotatable bonds is 3. The van der Waals surface area contributed by atoms with Crippen LogP contribution in [0.4, 0.5) is 0 Å². The molecule has 0 aromatic heterocycles. The van der Waals surface area contributed by atoms with E-state index < -0.39 is 0 Å². The van der Waals surface area contributed by atoms with E-state index in [-0.39, 0.29) is 4.83 Å². The van der Waals surface area contributed by atoms with Gasteiger partial charge in [0.15, 0.2) is 0 Å². The van der Waals surface area contributed by atoms with Crippen LogP contribution >= 0.6 is 27.5 Å². The first-order chi connectivity index (χ1) is 10.2. The van der Waals surface area contributed by atoms with Crippen molar-refractivity contribution in [3.63, 3.8) is 0 Å². The quantitative estimate of drug-likeness (QED) is 0.698. The number of aryl methyl sites for hydroxylation is 1. The van der Waals surface area contributed by atoms with Crippen LogP contribution < -0.4 is 9.47 Å². The Morgan fingerprint density at radius 3 is 2.90 bits per heavy atom. The molecule has 2 aromatic rings. The minimum absolute atomic E-state index is 0.0666. The summed E-state index contributed by atoms with van der Waals surface area (Å²) in [5.74, 6) is 1.80. The SMILES string of the molecule is COc1cc(Cl)ccc1C(Br)c1ccc2c(c1)CCCO2. The number of benzene rings is 2. The van der Waals surface area contributed by atoms with Gasteiger partial charge in [-0.1, -0.05) is 45.7 Å². The average molecular weight is 368 g/mol. The molecular weight excluding hydrogens is 352 g/mol. The third kappa shape index (κ3) is 3.04. The number of hydrogen-bond donors (Lipinski definition) is 0. The predicted molar refractivity (Wildman–Crippen MR) is 89.0 cm³/mol. The Labute approximate surface area is 138 Å². The third-order valence-electron chi connectivity index (χ3n) is 3.69. The highest BCUT2D eigenvalue weighted by Crippen LogP contribution is 2.39. The van der Waals surface area contributed by atoms with Crippen LogP contribution in [0.3, 0.4) is 0 Å². The molecule has 2 aromatic carbocycles. The summed E-state index contributed by atoms with van der Waals surface area (Å²) in [5.41, 5.74) is 3.54. The van der Waals surface area contributed by atoms with Crippen LogP contribution in [0, 0.1) is 0 Å². The summed E-state index contributed by atoms with van der Waals surface area (Å²) in [4.78, 5) is 0.0666. The van der Waals surface area contributed by atoms with Crippen LogP contribution in [0.2, 0.25) is 5.02 Å². The molecule has 3 rings (SSSR count). The Balaban J connectivity index is 1.96. The fraction of sp³-hybridized carbons (Fsp3) is 0.294. The summed E-state index contributed by atoms with van der Waals surface area (Å²) in [7, 11) is 1.66. The molecule has 21 heavy (non-hydrogen) atoms. The normalized spacial score (nSPS) is 15.0. The van der Waals surface area contributed by atoms with Crippen molar-refractivity contribution in [2.75, 3.05) is 13.7 Å². The molecule has 1 heterocycles. The van der Waals surface area contributed by atoms with Crippen molar-refractivity contribution in [2.24, 2.45) is 0 Å². The summed E-state index contributed by atoms with van der Waals surface area (Å²) in [5, 5.41) is 0.675. The topological polar surface area (TPSA) is 18.5 Å². The van der Waals surface area contributed by atoms with Gasteiger partial charge in [0.25, 0.3) is 0 Å². The molecule has 0 saturated carbocycles. The maximum atomic E-state index is 6.03. The van der Waals surface area contributed by atoms with Crippen molar-refractivity contribution < 1.29 is 9.47 Å². The van der Waals surface area contributed by atoms with Gasteiger partial charge in [-0.05, 0) is 42.2 Å². The van der Waals surface area contributed by atoms with Gasteiger partial charge in [-0.2, -0.15) is 0 Å². The summed E-state index contributed by atoms with van der Waals surface area (Å²) in [6, 6.07) is 12.1. The molecule has 0 N–H and O–H groups in total. The van der Waals surface area contributed by atoms with Gasteiger partial charge in [-0.3, -0.25) is 0 Å². The van der Waals surface area contributed by atoms with Gasteiger partial charge in [-0.25, -0.2) is 0 Å². The Hall–Kier alpha value is -1.19. The van der Waals surface area contributed by atoms with E-state index in [0.29, 0.717) is 5.02 Å². The van der Waals surface area contributed by atoms with Gasteiger partial charge >= 0.3 is 0 Å². The second-order valence-corrected chi connectivity index (χ2v) is 6.42. The van der Waals surface area contributed by atoms with E-state index >= 15 is 0 Å². The summed E-state index contributed by atoms with van der Waals surface area (Å²) in [6.07, 6.45) is 2.15. The zero-order chi connectivity index (χ0) is 14.8. The number of hydrogen-bond acceptors (Lipinski definition) is 2. The van der Waals surface area contributed by atoms with Gasteiger partial charge in [0, 0.05) is 10.6 Å². The molecular formula is C17H16BrClO2. The van der Waals surface area contributed by atoms with Crippen molar-refractivity contribution >= 4 is 27.5 Å². The smallest absolute Gasteiger partial charge is 0.125 e. The molecule has 0 bridgehead atoms. The molecule has 0 amide bonds. The summed E-state index contributed by atoms with van der Waals surface area (Å²) < 4.78 is 11.1. The zero-order valence-corrected chi connectivity index (χ0v) is 14.1. The number of methoxy groups -OCH3 is 1. The van der Waals surface area contributed by atoms with Crippen molar-refractivity contribution in [2.45, 2.75) is 17.7 Å². The van der Waals surface area contributed by atoms with E-state index in [1.165, 1.54) is 11.1 Å². The van der Waals surface area contributed by atoms with E-state index in [4.69, 9.17) is 21.1 Å². The molecule has 0 saturated heterocycles. The van der Waals surface area contributed by atoms with Crippen molar-refractivity contribution in [3.05, 3.63) is 58.1 Å². The molecule has 4 heteroatoms. The minimum atomic E-state index is 0.0666. The lowest BCUT2D eigenvalue weighted by Crippen LogP contribution is -2.09. The van der Waals surface area contributed by atoms with E-state index in [2.05, 4.69) is 34.1 Å². The number of alkyl halides is 1. The molecule has 2 nitrogen and oxygen atoms in total. The molecule has 0 radical (unpaired) electrons. The Kier molecular flexibility index (Phi) is 4.41. The average Bonchev–Trinajstić information content (AvgIpc) is 2.53. The van der Waals surface area contributed by atoms with E-state index in [0.717, 1.165) is 36.5 Å². The first-order valence-corrected chi connectivity index (χ1v) is 8.21. The summed E-state index contributed by atoms with van der Waals surface area (Å²) in [6.45, 7) is 0.815. The molecule has 0 aliphatic carbocycles. The standard InChI is InChI=1S/C17H16BrClO2/c1-20-16-10-13(19)5-6-14(16)17(18)12-4-7-15-11(9-12)3-2-8-21-15/h4-7,9-10,17H,2-3,8H2,1H3. The molecule has 1 aliphatic rings. The molecule has 1 aliphatic heterocycles. The highest BCUT2D eigenvalue weighted by Gasteiger charge is 2.18. The van der Waals surface area contributed by atoms with Crippen LogP contribution in [0.5, 0.6) is 11.5 Å². The largest absolute Gasteiger partial charge is 0.496 e. The maximum Gasteiger partial charge on any atom is 0.125 e. The van der Waals surface area contributed by atoms with Crippen LogP contribution in [0.25, 0.3) is 0 Å². The van der Waals surface area contributed by atoms with Crippen molar-refractivity contribution in [1.29, 1.82) is 0 Å². The lowest BCUT2D eigenvalue weighted by atomic mass is 9.98. The highest BCUT2D eigenvalue weighted by molar-refractivity contribution is 9.09. The van der Waals surface area contributed by atoms with Gasteiger partial charge in [-0.15, -0.1) is 0 Å². The fourth-order valence-electron chi connectivity index (χ4n) is 2.61. The van der Waals surface area contributed by atoms with Crippen LogP contribution in [0.15, 0.2) is 36.4 Å². The first kappa shape index (κ1) is 14.7. The fourth-order valence-corrected chi connectivity index (χ4v) is 3.44. The molecule has 1 unspecified atom stereocenters. The summed E-state index contributed by atoms with van der Waals surface area (Å²) >= 11 is 9.80. The first-order valence-electron chi connectivity index (χ1n) is 6.92. The van der Waals surface area contributed by atoms with Gasteiger partial charge in [0.1, 0.15) is 11.5 Å². The van der Waals surface area contributed by atoms with Crippen molar-refractivity contribution in [3.8, 4) is 11.5 Å². The predicted octanol–water partition coefficient (Wildman–Crippen LogP) is 5.16. The van der Waals surface area contributed by atoms with Crippen molar-refractivity contribution in [1.82, 2.24) is 0 Å².